The first-order chi connectivity index (χ1) is 4.27. The number of rotatable bonds is 5. The summed E-state index contributed by atoms with van der Waals surface area (Å²) in [6, 6.07) is 0. The Balaban J connectivity index is 2.75. The molecule has 55 valence electrons. The molecule has 0 aliphatic heterocycles. The standard InChI is InChI=1S/C8H17O/c1-4-5-6-9-7-8(2)3/h7-8H,4-6H2,1-3H3. The van der Waals surface area contributed by atoms with Crippen molar-refractivity contribution in [1.82, 2.24) is 0 Å². The Morgan fingerprint density at radius 2 is 2.11 bits per heavy atom. The summed E-state index contributed by atoms with van der Waals surface area (Å²) in [7, 11) is 0. The third kappa shape index (κ3) is 7.96. The van der Waals surface area contributed by atoms with Gasteiger partial charge >= 0.3 is 0 Å². The monoisotopic (exact) mass is 129 g/mol. The summed E-state index contributed by atoms with van der Waals surface area (Å²) < 4.78 is 5.21. The van der Waals surface area contributed by atoms with Gasteiger partial charge in [0.25, 0.3) is 0 Å². The Hall–Kier alpha value is -0.0400. The summed E-state index contributed by atoms with van der Waals surface area (Å²) in [5.41, 5.74) is 0. The summed E-state index contributed by atoms with van der Waals surface area (Å²) >= 11 is 0. The normalized spacial score (nSPS) is 10.7. The van der Waals surface area contributed by atoms with Crippen LogP contribution in [-0.2, 0) is 4.74 Å². The summed E-state index contributed by atoms with van der Waals surface area (Å²) in [4.78, 5) is 0. The molecule has 0 amide bonds. The largest absolute Gasteiger partial charge is 0.375 e. The highest BCUT2D eigenvalue weighted by atomic mass is 16.5. The first-order valence-electron chi connectivity index (χ1n) is 3.72. The molecule has 0 aliphatic rings. The molecule has 0 atom stereocenters. The molecule has 0 saturated carbocycles. The second-order valence-electron chi connectivity index (χ2n) is 2.60. The van der Waals surface area contributed by atoms with Gasteiger partial charge in [0.2, 0.25) is 0 Å². The molecule has 0 aromatic heterocycles. The maximum absolute atomic E-state index is 5.21. The van der Waals surface area contributed by atoms with Crippen molar-refractivity contribution in [1.29, 1.82) is 0 Å². The highest BCUT2D eigenvalue weighted by molar-refractivity contribution is 4.54. The van der Waals surface area contributed by atoms with E-state index in [1.54, 1.807) is 0 Å². The van der Waals surface area contributed by atoms with E-state index in [2.05, 4.69) is 20.8 Å². The molecule has 0 aromatic rings. The zero-order chi connectivity index (χ0) is 7.11. The lowest BCUT2D eigenvalue weighted by Crippen LogP contribution is -1.96. The maximum atomic E-state index is 5.21. The van der Waals surface area contributed by atoms with Crippen molar-refractivity contribution in [3.05, 3.63) is 6.61 Å². The van der Waals surface area contributed by atoms with E-state index < -0.39 is 0 Å². The molecule has 0 heterocycles. The summed E-state index contributed by atoms with van der Waals surface area (Å²) in [6.07, 6.45) is 2.38. The smallest absolute Gasteiger partial charge is 0.0861 e. The van der Waals surface area contributed by atoms with Crippen molar-refractivity contribution in [3.8, 4) is 0 Å². The minimum Gasteiger partial charge on any atom is -0.375 e. The van der Waals surface area contributed by atoms with Crippen LogP contribution in [0.4, 0.5) is 0 Å². The van der Waals surface area contributed by atoms with Gasteiger partial charge in [-0.1, -0.05) is 27.2 Å². The van der Waals surface area contributed by atoms with Gasteiger partial charge in [-0.25, -0.2) is 0 Å². The molecule has 0 aliphatic carbocycles. The minimum atomic E-state index is 0.557. The van der Waals surface area contributed by atoms with Gasteiger partial charge in [0.05, 0.1) is 6.61 Å². The fourth-order valence-electron chi connectivity index (χ4n) is 0.488. The second-order valence-corrected chi connectivity index (χ2v) is 2.60. The van der Waals surface area contributed by atoms with Crippen LogP contribution in [0.15, 0.2) is 0 Å². The number of ether oxygens (including phenoxy) is 1. The topological polar surface area (TPSA) is 9.23 Å². The van der Waals surface area contributed by atoms with Crippen LogP contribution in [0.5, 0.6) is 0 Å². The molecular formula is C8H17O. The van der Waals surface area contributed by atoms with E-state index in [9.17, 15) is 0 Å². The zero-order valence-electron chi connectivity index (χ0n) is 6.68. The third-order valence-electron chi connectivity index (χ3n) is 0.984. The molecule has 1 heteroatoms. The van der Waals surface area contributed by atoms with Gasteiger partial charge in [0.1, 0.15) is 0 Å². The van der Waals surface area contributed by atoms with Crippen LogP contribution in [0, 0.1) is 12.5 Å². The van der Waals surface area contributed by atoms with Crippen LogP contribution in [0.1, 0.15) is 33.6 Å². The molecular weight excluding hydrogens is 112 g/mol. The Morgan fingerprint density at radius 3 is 2.56 bits per heavy atom. The molecule has 0 fully saturated rings. The van der Waals surface area contributed by atoms with Gasteiger partial charge in [-0.3, -0.25) is 0 Å². The number of hydrogen-bond donors (Lipinski definition) is 0. The minimum absolute atomic E-state index is 0.557. The Kier molecular flexibility index (Phi) is 6.06. The summed E-state index contributed by atoms with van der Waals surface area (Å²) in [5, 5.41) is 0. The van der Waals surface area contributed by atoms with Crippen LogP contribution in [0.25, 0.3) is 0 Å². The predicted octanol–water partition coefficient (Wildman–Crippen LogP) is 2.62. The average Bonchev–Trinajstić information content (AvgIpc) is 1.80. The van der Waals surface area contributed by atoms with Crippen molar-refractivity contribution in [3.63, 3.8) is 0 Å². The molecule has 1 radical (unpaired) electrons. The lowest BCUT2D eigenvalue weighted by molar-refractivity contribution is 0.170. The molecule has 0 aromatic carbocycles. The highest BCUT2D eigenvalue weighted by Gasteiger charge is 1.92. The Bertz CT molecular complexity index is 50.5. The molecule has 9 heavy (non-hydrogen) atoms. The number of hydrogen-bond acceptors (Lipinski definition) is 1. The Morgan fingerprint density at radius 1 is 1.44 bits per heavy atom. The average molecular weight is 129 g/mol. The molecule has 0 rings (SSSR count). The van der Waals surface area contributed by atoms with Crippen molar-refractivity contribution in [2.75, 3.05) is 6.61 Å². The molecule has 0 N–H and O–H groups in total. The molecule has 1 nitrogen and oxygen atoms in total. The molecule has 0 spiro atoms. The predicted molar refractivity (Wildman–Crippen MR) is 40.0 cm³/mol. The van der Waals surface area contributed by atoms with Gasteiger partial charge in [-0.2, -0.15) is 0 Å². The third-order valence-corrected chi connectivity index (χ3v) is 0.984. The van der Waals surface area contributed by atoms with E-state index in [1.807, 2.05) is 6.61 Å². The quantitative estimate of drug-likeness (QED) is 0.518. The maximum Gasteiger partial charge on any atom is 0.0861 e. The van der Waals surface area contributed by atoms with Crippen molar-refractivity contribution >= 4 is 0 Å². The fraction of sp³-hybridized carbons (Fsp3) is 0.875. The van der Waals surface area contributed by atoms with E-state index in [0.717, 1.165) is 6.61 Å². The van der Waals surface area contributed by atoms with Crippen LogP contribution in [-0.4, -0.2) is 6.61 Å². The Labute approximate surface area is 58.4 Å². The van der Waals surface area contributed by atoms with Crippen LogP contribution in [0.2, 0.25) is 0 Å². The first-order valence-corrected chi connectivity index (χ1v) is 3.72. The van der Waals surface area contributed by atoms with Gasteiger partial charge in [-0.15, -0.1) is 0 Å². The second kappa shape index (κ2) is 6.09. The van der Waals surface area contributed by atoms with E-state index in [4.69, 9.17) is 4.74 Å². The van der Waals surface area contributed by atoms with Crippen LogP contribution >= 0.6 is 0 Å². The highest BCUT2D eigenvalue weighted by Crippen LogP contribution is 1.99. The lowest BCUT2D eigenvalue weighted by atomic mass is 10.2. The van der Waals surface area contributed by atoms with Crippen molar-refractivity contribution in [2.45, 2.75) is 33.6 Å². The molecule has 0 saturated heterocycles. The molecule has 0 unspecified atom stereocenters. The fourth-order valence-corrected chi connectivity index (χ4v) is 0.488. The zero-order valence-corrected chi connectivity index (χ0v) is 6.68. The van der Waals surface area contributed by atoms with Gasteiger partial charge in [0.15, 0.2) is 0 Å². The summed E-state index contributed by atoms with van der Waals surface area (Å²) in [6.45, 7) is 9.18. The SMILES string of the molecule is CCCCO[CH]C(C)C. The molecule has 0 bridgehead atoms. The van der Waals surface area contributed by atoms with E-state index >= 15 is 0 Å². The van der Waals surface area contributed by atoms with E-state index in [0.29, 0.717) is 5.92 Å². The number of unbranched alkanes of at least 4 members (excludes halogenated alkanes) is 1. The van der Waals surface area contributed by atoms with Gasteiger partial charge < -0.3 is 4.74 Å². The van der Waals surface area contributed by atoms with Gasteiger partial charge in [0, 0.05) is 6.61 Å². The summed E-state index contributed by atoms with van der Waals surface area (Å²) in [5.74, 6) is 0.557. The first kappa shape index (κ1) is 8.96. The van der Waals surface area contributed by atoms with Crippen molar-refractivity contribution < 1.29 is 4.74 Å². The van der Waals surface area contributed by atoms with E-state index in [-0.39, 0.29) is 0 Å². The van der Waals surface area contributed by atoms with Gasteiger partial charge in [-0.05, 0) is 12.3 Å². The van der Waals surface area contributed by atoms with Crippen molar-refractivity contribution in [2.24, 2.45) is 5.92 Å². The van der Waals surface area contributed by atoms with Crippen LogP contribution < -0.4 is 0 Å². The lowest BCUT2D eigenvalue weighted by Gasteiger charge is -2.03. The van der Waals surface area contributed by atoms with Crippen LogP contribution in [0.3, 0.4) is 0 Å². The van der Waals surface area contributed by atoms with E-state index in [1.165, 1.54) is 12.8 Å².